The van der Waals surface area contributed by atoms with Crippen LogP contribution in [0.3, 0.4) is 0 Å². The van der Waals surface area contributed by atoms with Crippen molar-refractivity contribution < 1.29 is 23.7 Å². The first-order valence-corrected chi connectivity index (χ1v) is 13.9. The quantitative estimate of drug-likeness (QED) is 0.328. The molecule has 8 nitrogen and oxygen atoms in total. The zero-order valence-electron chi connectivity index (χ0n) is 23.2. The van der Waals surface area contributed by atoms with E-state index in [1.54, 1.807) is 32.4 Å². The van der Waals surface area contributed by atoms with Crippen molar-refractivity contribution in [3.63, 3.8) is 0 Å². The lowest BCUT2D eigenvalue weighted by Crippen LogP contribution is -2.41. The fourth-order valence-electron chi connectivity index (χ4n) is 5.38. The predicted molar refractivity (Wildman–Crippen MR) is 154 cm³/mol. The van der Waals surface area contributed by atoms with Crippen molar-refractivity contribution in [3.8, 4) is 29.1 Å². The van der Waals surface area contributed by atoms with Crippen molar-refractivity contribution in [1.29, 1.82) is 5.26 Å². The lowest BCUT2D eigenvalue weighted by atomic mass is 9.87. The Balaban J connectivity index is 1.22. The summed E-state index contributed by atoms with van der Waals surface area (Å²) in [5.74, 6) is 3.08. The van der Waals surface area contributed by atoms with Crippen LogP contribution in [0.2, 0.25) is 0 Å². The Morgan fingerprint density at radius 2 is 1.90 bits per heavy atom. The molecule has 0 unspecified atom stereocenters. The third-order valence-electron chi connectivity index (χ3n) is 7.49. The molecule has 0 aromatic heterocycles. The summed E-state index contributed by atoms with van der Waals surface area (Å²) >= 11 is 0. The number of benzene rings is 3. The molecule has 2 atom stereocenters. The van der Waals surface area contributed by atoms with Gasteiger partial charge in [-0.25, -0.2) is 0 Å². The molecule has 1 fully saturated rings. The van der Waals surface area contributed by atoms with Gasteiger partial charge in [0.15, 0.2) is 0 Å². The van der Waals surface area contributed by atoms with Gasteiger partial charge in [0.1, 0.15) is 35.7 Å². The molecule has 5 rings (SSSR count). The predicted octanol–water partition coefficient (Wildman–Crippen LogP) is 5.26. The maximum atomic E-state index is 9.21. The fourth-order valence-corrected chi connectivity index (χ4v) is 5.38. The summed E-state index contributed by atoms with van der Waals surface area (Å²) in [7, 11) is 3.29. The van der Waals surface area contributed by atoms with Crippen molar-refractivity contribution in [2.24, 2.45) is 0 Å². The van der Waals surface area contributed by atoms with E-state index in [0.29, 0.717) is 30.3 Å². The van der Waals surface area contributed by atoms with Crippen LogP contribution in [0.1, 0.15) is 35.4 Å². The molecule has 210 valence electrons. The van der Waals surface area contributed by atoms with Gasteiger partial charge >= 0.3 is 0 Å². The van der Waals surface area contributed by atoms with Crippen molar-refractivity contribution in [2.45, 2.75) is 31.5 Å². The van der Waals surface area contributed by atoms with Crippen molar-refractivity contribution >= 4 is 5.69 Å². The van der Waals surface area contributed by atoms with E-state index in [2.05, 4.69) is 46.6 Å². The third-order valence-corrected chi connectivity index (χ3v) is 7.49. The van der Waals surface area contributed by atoms with Gasteiger partial charge < -0.3 is 33.9 Å². The Kier molecular flexibility index (Phi) is 9.40. The molecule has 3 aromatic rings. The molecular weight excluding hydrogens is 506 g/mol. The van der Waals surface area contributed by atoms with Gasteiger partial charge in [-0.15, -0.1) is 0 Å². The number of methoxy groups -OCH3 is 2. The molecule has 0 saturated carbocycles. The van der Waals surface area contributed by atoms with E-state index in [1.807, 2.05) is 12.1 Å². The van der Waals surface area contributed by atoms with Gasteiger partial charge in [-0.3, -0.25) is 0 Å². The number of hydrogen-bond acceptors (Lipinski definition) is 8. The molecule has 40 heavy (non-hydrogen) atoms. The first-order valence-electron chi connectivity index (χ1n) is 13.9. The molecule has 2 aliphatic rings. The molecule has 0 aliphatic carbocycles. The normalized spacial score (nSPS) is 18.4. The van der Waals surface area contributed by atoms with Crippen LogP contribution >= 0.6 is 0 Å². The van der Waals surface area contributed by atoms with E-state index in [1.165, 1.54) is 5.56 Å². The van der Waals surface area contributed by atoms with Crippen LogP contribution in [0.4, 0.5) is 5.69 Å². The van der Waals surface area contributed by atoms with Gasteiger partial charge in [-0.05, 0) is 66.9 Å². The topological polar surface area (TPSA) is 85.2 Å². The average molecular weight is 544 g/mol. The maximum Gasteiger partial charge on any atom is 0.142 e. The molecule has 0 bridgehead atoms. The van der Waals surface area contributed by atoms with Gasteiger partial charge in [0, 0.05) is 38.8 Å². The third kappa shape index (κ3) is 6.68. The van der Waals surface area contributed by atoms with Gasteiger partial charge in [0.05, 0.1) is 37.6 Å². The lowest BCUT2D eigenvalue weighted by Gasteiger charge is -2.33. The summed E-state index contributed by atoms with van der Waals surface area (Å²) in [5, 5.41) is 12.7. The minimum atomic E-state index is 0.0633. The van der Waals surface area contributed by atoms with E-state index in [0.717, 1.165) is 68.4 Å². The summed E-state index contributed by atoms with van der Waals surface area (Å²) in [5.41, 5.74) is 3.99. The number of nitrogens with zero attached hydrogens (tertiary/aromatic N) is 2. The number of nitriles is 1. The van der Waals surface area contributed by atoms with Crippen LogP contribution in [-0.4, -0.2) is 59.7 Å². The fraction of sp³-hybridized carbons (Fsp3) is 0.406. The number of hydrogen-bond donors (Lipinski definition) is 1. The summed E-state index contributed by atoms with van der Waals surface area (Å²) in [6, 6.07) is 21.9. The number of nitrogens with one attached hydrogen (secondary N) is 1. The van der Waals surface area contributed by atoms with E-state index < -0.39 is 0 Å². The SMILES string of the molecule is COCCCN1CCOc2ccc(CO[C@H]3CNCC[C@@H]3c3ccc(Oc4ccc(C#N)c(OC)c4)cc3)cc21. The lowest BCUT2D eigenvalue weighted by molar-refractivity contribution is 0.0106. The number of anilines is 1. The van der Waals surface area contributed by atoms with Gasteiger partial charge in [-0.2, -0.15) is 5.26 Å². The minimum absolute atomic E-state index is 0.0633. The van der Waals surface area contributed by atoms with Crippen molar-refractivity contribution in [3.05, 3.63) is 77.4 Å². The zero-order valence-corrected chi connectivity index (χ0v) is 23.2. The Morgan fingerprint density at radius 1 is 1.05 bits per heavy atom. The summed E-state index contributed by atoms with van der Waals surface area (Å²) < 4.78 is 29.0. The van der Waals surface area contributed by atoms with Crippen LogP contribution in [0.5, 0.6) is 23.0 Å². The van der Waals surface area contributed by atoms with Crippen LogP contribution in [-0.2, 0) is 16.1 Å². The van der Waals surface area contributed by atoms with Gasteiger partial charge in [-0.1, -0.05) is 18.2 Å². The monoisotopic (exact) mass is 543 g/mol. The van der Waals surface area contributed by atoms with E-state index >= 15 is 0 Å². The second-order valence-electron chi connectivity index (χ2n) is 10.1. The Bertz CT molecular complexity index is 1310. The molecule has 0 amide bonds. The highest BCUT2D eigenvalue weighted by molar-refractivity contribution is 5.61. The number of fused-ring (bicyclic) bond motifs is 1. The van der Waals surface area contributed by atoms with Crippen molar-refractivity contribution in [2.75, 3.05) is 58.5 Å². The molecule has 3 aromatic carbocycles. The molecule has 8 heteroatoms. The second kappa shape index (κ2) is 13.5. The highest BCUT2D eigenvalue weighted by Crippen LogP contribution is 2.35. The molecule has 0 spiro atoms. The average Bonchev–Trinajstić information content (AvgIpc) is 3.00. The second-order valence-corrected chi connectivity index (χ2v) is 10.1. The Labute approximate surface area is 236 Å². The molecular formula is C32H37N3O5. The van der Waals surface area contributed by atoms with Crippen LogP contribution in [0.25, 0.3) is 0 Å². The number of ether oxygens (including phenoxy) is 5. The van der Waals surface area contributed by atoms with Crippen LogP contribution in [0.15, 0.2) is 60.7 Å². The molecule has 1 saturated heterocycles. The first-order chi connectivity index (χ1) is 19.7. The maximum absolute atomic E-state index is 9.21. The molecule has 1 N–H and O–H groups in total. The largest absolute Gasteiger partial charge is 0.495 e. The van der Waals surface area contributed by atoms with E-state index in [4.69, 9.17) is 23.7 Å². The standard InChI is InChI=1S/C32H37N3O5/c1-36-16-3-14-35-15-17-38-30-11-4-23(18-29(30)35)22-39-32-21-34-13-12-28(32)24-5-8-26(9-6-24)40-27-10-7-25(20-33)31(19-27)37-2/h4-11,18-19,28,32,34H,3,12-17,21-22H2,1-2H3/t28-,32+/m1/s1. The van der Waals surface area contributed by atoms with Crippen LogP contribution < -0.4 is 24.4 Å². The van der Waals surface area contributed by atoms with E-state index in [9.17, 15) is 5.26 Å². The summed E-state index contributed by atoms with van der Waals surface area (Å²) in [6.45, 7) is 5.60. The Hall–Kier alpha value is -3.77. The van der Waals surface area contributed by atoms with E-state index in [-0.39, 0.29) is 12.0 Å². The molecule has 2 aliphatic heterocycles. The summed E-state index contributed by atoms with van der Waals surface area (Å²) in [4.78, 5) is 2.38. The molecule has 0 radical (unpaired) electrons. The highest BCUT2D eigenvalue weighted by atomic mass is 16.5. The summed E-state index contributed by atoms with van der Waals surface area (Å²) in [6.07, 6.45) is 2.05. The van der Waals surface area contributed by atoms with Crippen molar-refractivity contribution in [1.82, 2.24) is 5.32 Å². The van der Waals surface area contributed by atoms with Gasteiger partial charge in [0.25, 0.3) is 0 Å². The minimum Gasteiger partial charge on any atom is -0.495 e. The van der Waals surface area contributed by atoms with Gasteiger partial charge in [0.2, 0.25) is 0 Å². The zero-order chi connectivity index (χ0) is 27.7. The van der Waals surface area contributed by atoms with Crippen LogP contribution in [0, 0.1) is 11.3 Å². The Morgan fingerprint density at radius 3 is 2.70 bits per heavy atom. The highest BCUT2D eigenvalue weighted by Gasteiger charge is 2.27. The molecule has 2 heterocycles. The number of piperidine rings is 1. The smallest absolute Gasteiger partial charge is 0.142 e. The first kappa shape index (κ1) is 27.8. The number of rotatable bonds is 11.